The normalized spacial score (nSPS) is 19.9. The molecule has 1 aliphatic heterocycles. The maximum atomic E-state index is 5.80. The summed E-state index contributed by atoms with van der Waals surface area (Å²) >= 11 is 0. The molecular formula is C16H21N3O2. The van der Waals surface area contributed by atoms with Crippen molar-refractivity contribution in [2.75, 3.05) is 11.9 Å². The second-order valence-corrected chi connectivity index (χ2v) is 5.53. The summed E-state index contributed by atoms with van der Waals surface area (Å²) in [5, 5.41) is 7.56. The van der Waals surface area contributed by atoms with E-state index in [2.05, 4.69) is 34.5 Å². The Morgan fingerprint density at radius 2 is 2.19 bits per heavy atom. The molecule has 1 aromatic carbocycles. The van der Waals surface area contributed by atoms with Crippen LogP contribution in [0.4, 0.5) is 5.69 Å². The molecular weight excluding hydrogens is 266 g/mol. The van der Waals surface area contributed by atoms with Crippen LogP contribution in [0.1, 0.15) is 50.5 Å². The Hall–Kier alpha value is -1.88. The van der Waals surface area contributed by atoms with E-state index in [1.807, 2.05) is 26.0 Å². The van der Waals surface area contributed by atoms with Gasteiger partial charge in [-0.05, 0) is 31.9 Å². The quantitative estimate of drug-likeness (QED) is 0.912. The first-order valence-electron chi connectivity index (χ1n) is 7.48. The zero-order valence-corrected chi connectivity index (χ0v) is 12.7. The van der Waals surface area contributed by atoms with Crippen LogP contribution in [0.2, 0.25) is 0 Å². The number of hydrogen-bond acceptors (Lipinski definition) is 5. The second-order valence-electron chi connectivity index (χ2n) is 5.53. The van der Waals surface area contributed by atoms with Crippen molar-refractivity contribution in [2.24, 2.45) is 0 Å². The topological polar surface area (TPSA) is 60.2 Å². The Morgan fingerprint density at radius 3 is 2.90 bits per heavy atom. The minimum absolute atomic E-state index is 0.0476. The molecule has 112 valence electrons. The van der Waals surface area contributed by atoms with Crippen LogP contribution in [0, 0.1) is 0 Å². The summed E-state index contributed by atoms with van der Waals surface area (Å²) < 4.78 is 11.3. The van der Waals surface area contributed by atoms with Crippen LogP contribution in [-0.4, -0.2) is 16.7 Å². The van der Waals surface area contributed by atoms with Crippen LogP contribution in [-0.2, 0) is 16.8 Å². The van der Waals surface area contributed by atoms with Gasteiger partial charge in [-0.15, -0.1) is 0 Å². The predicted molar refractivity (Wildman–Crippen MR) is 80.1 cm³/mol. The fourth-order valence-electron chi connectivity index (χ4n) is 2.68. The third-order valence-electron chi connectivity index (χ3n) is 4.12. The second kappa shape index (κ2) is 5.48. The first kappa shape index (κ1) is 14.1. The molecule has 2 atom stereocenters. The summed E-state index contributed by atoms with van der Waals surface area (Å²) in [6, 6.07) is 8.31. The van der Waals surface area contributed by atoms with Crippen molar-refractivity contribution in [3.63, 3.8) is 0 Å². The average Bonchev–Trinajstić information content (AvgIpc) is 3.14. The number of fused-ring (bicyclic) bond motifs is 1. The van der Waals surface area contributed by atoms with E-state index in [1.54, 1.807) is 0 Å². The molecule has 1 aliphatic rings. The van der Waals surface area contributed by atoms with Gasteiger partial charge in [-0.2, -0.15) is 4.98 Å². The van der Waals surface area contributed by atoms with E-state index in [0.717, 1.165) is 18.5 Å². The fraction of sp³-hybridized carbons (Fsp3) is 0.500. The zero-order chi connectivity index (χ0) is 14.9. The lowest BCUT2D eigenvalue weighted by Crippen LogP contribution is -2.26. The van der Waals surface area contributed by atoms with Gasteiger partial charge < -0.3 is 14.6 Å². The van der Waals surface area contributed by atoms with E-state index < -0.39 is 5.60 Å². The lowest BCUT2D eigenvalue weighted by molar-refractivity contribution is -0.0403. The van der Waals surface area contributed by atoms with Crippen molar-refractivity contribution in [3.8, 4) is 0 Å². The van der Waals surface area contributed by atoms with Crippen molar-refractivity contribution in [1.82, 2.24) is 10.1 Å². The van der Waals surface area contributed by atoms with Gasteiger partial charge >= 0.3 is 0 Å². The maximum absolute atomic E-state index is 5.80. The first-order chi connectivity index (χ1) is 10.2. The number of ether oxygens (including phenoxy) is 1. The SMILES string of the molecule is CCOC(C)(CC)c1noc([C@@H]2Cc3ccccc3N2)n1. The number of nitrogens with one attached hydrogen (secondary N) is 1. The van der Waals surface area contributed by atoms with Gasteiger partial charge in [0, 0.05) is 18.7 Å². The summed E-state index contributed by atoms with van der Waals surface area (Å²) in [4.78, 5) is 4.57. The molecule has 1 aromatic heterocycles. The van der Waals surface area contributed by atoms with Gasteiger partial charge in [0.1, 0.15) is 11.6 Å². The highest BCUT2D eigenvalue weighted by molar-refractivity contribution is 5.56. The van der Waals surface area contributed by atoms with Crippen LogP contribution in [0.3, 0.4) is 0 Å². The Balaban J connectivity index is 1.81. The molecule has 21 heavy (non-hydrogen) atoms. The molecule has 0 aliphatic carbocycles. The lowest BCUT2D eigenvalue weighted by Gasteiger charge is -2.23. The molecule has 5 nitrogen and oxygen atoms in total. The van der Waals surface area contributed by atoms with Crippen molar-refractivity contribution < 1.29 is 9.26 Å². The van der Waals surface area contributed by atoms with Crippen LogP contribution in [0.5, 0.6) is 0 Å². The number of hydrogen-bond donors (Lipinski definition) is 1. The van der Waals surface area contributed by atoms with Crippen LogP contribution < -0.4 is 5.32 Å². The molecule has 0 saturated carbocycles. The maximum Gasteiger partial charge on any atom is 0.249 e. The molecule has 0 saturated heterocycles. The predicted octanol–water partition coefficient (Wildman–Crippen LogP) is 3.44. The molecule has 0 fully saturated rings. The van der Waals surface area contributed by atoms with Gasteiger partial charge in [0.15, 0.2) is 0 Å². The summed E-state index contributed by atoms with van der Waals surface area (Å²) in [7, 11) is 0. The van der Waals surface area contributed by atoms with E-state index in [-0.39, 0.29) is 6.04 Å². The molecule has 0 bridgehead atoms. The summed E-state index contributed by atoms with van der Waals surface area (Å²) in [6.07, 6.45) is 1.67. The number of aromatic nitrogens is 2. The molecule has 2 heterocycles. The molecule has 1 N–H and O–H groups in total. The van der Waals surface area contributed by atoms with E-state index in [1.165, 1.54) is 5.56 Å². The van der Waals surface area contributed by atoms with Gasteiger partial charge in [0.2, 0.25) is 11.7 Å². The monoisotopic (exact) mass is 287 g/mol. The molecule has 5 heteroatoms. The van der Waals surface area contributed by atoms with Gasteiger partial charge in [-0.25, -0.2) is 0 Å². The third-order valence-corrected chi connectivity index (χ3v) is 4.12. The van der Waals surface area contributed by atoms with Gasteiger partial charge in [0.25, 0.3) is 0 Å². The number of anilines is 1. The Morgan fingerprint density at radius 1 is 1.38 bits per heavy atom. The number of benzene rings is 1. The van der Waals surface area contributed by atoms with E-state index in [9.17, 15) is 0 Å². The fourth-order valence-corrected chi connectivity index (χ4v) is 2.68. The van der Waals surface area contributed by atoms with E-state index in [4.69, 9.17) is 9.26 Å². The molecule has 0 radical (unpaired) electrons. The first-order valence-corrected chi connectivity index (χ1v) is 7.48. The van der Waals surface area contributed by atoms with Gasteiger partial charge in [-0.1, -0.05) is 30.3 Å². The smallest absolute Gasteiger partial charge is 0.249 e. The lowest BCUT2D eigenvalue weighted by atomic mass is 10.0. The molecule has 2 aromatic rings. The van der Waals surface area contributed by atoms with Crippen LogP contribution in [0.25, 0.3) is 0 Å². The average molecular weight is 287 g/mol. The van der Waals surface area contributed by atoms with E-state index in [0.29, 0.717) is 18.3 Å². The van der Waals surface area contributed by atoms with Crippen molar-refractivity contribution in [3.05, 3.63) is 41.5 Å². The van der Waals surface area contributed by atoms with E-state index >= 15 is 0 Å². The molecule has 1 unspecified atom stereocenters. The summed E-state index contributed by atoms with van der Waals surface area (Å²) in [6.45, 7) is 6.67. The standard InChI is InChI=1S/C16H21N3O2/c1-4-16(3,20-5-2)15-18-14(21-19-15)13-10-11-8-6-7-9-12(11)17-13/h6-9,13,17H,4-5,10H2,1-3H3/t13-,16?/m0/s1. The minimum Gasteiger partial charge on any atom is -0.373 e. The van der Waals surface area contributed by atoms with Gasteiger partial charge in [-0.3, -0.25) is 0 Å². The number of para-hydroxylation sites is 1. The molecule has 0 spiro atoms. The number of rotatable bonds is 5. The minimum atomic E-state index is -0.484. The van der Waals surface area contributed by atoms with Crippen molar-refractivity contribution in [1.29, 1.82) is 0 Å². The van der Waals surface area contributed by atoms with Crippen LogP contribution in [0.15, 0.2) is 28.8 Å². The van der Waals surface area contributed by atoms with Crippen molar-refractivity contribution in [2.45, 2.75) is 45.3 Å². The highest BCUT2D eigenvalue weighted by Crippen LogP contribution is 2.34. The summed E-state index contributed by atoms with van der Waals surface area (Å²) in [5.41, 5.74) is 1.94. The summed E-state index contributed by atoms with van der Waals surface area (Å²) in [5.74, 6) is 1.25. The third kappa shape index (κ3) is 2.53. The largest absolute Gasteiger partial charge is 0.373 e. The Labute approximate surface area is 124 Å². The Bertz CT molecular complexity index is 600. The highest BCUT2D eigenvalue weighted by atomic mass is 16.5. The number of nitrogens with zero attached hydrogens (tertiary/aromatic N) is 2. The Kier molecular flexibility index (Phi) is 3.68. The van der Waals surface area contributed by atoms with Crippen molar-refractivity contribution >= 4 is 5.69 Å². The molecule has 0 amide bonds. The van der Waals surface area contributed by atoms with Crippen LogP contribution >= 0.6 is 0 Å². The van der Waals surface area contributed by atoms with Gasteiger partial charge in [0.05, 0.1) is 0 Å². The highest BCUT2D eigenvalue weighted by Gasteiger charge is 2.33. The zero-order valence-electron chi connectivity index (χ0n) is 12.7. The molecule has 3 rings (SSSR count).